The first-order valence-electron chi connectivity index (χ1n) is 8.00. The van der Waals surface area contributed by atoms with Crippen molar-refractivity contribution < 1.29 is 26.5 Å². The number of anilines is 2. The van der Waals surface area contributed by atoms with Gasteiger partial charge in [-0.15, -0.1) is 0 Å². The van der Waals surface area contributed by atoms with Crippen molar-refractivity contribution in [1.82, 2.24) is 5.16 Å². The maximum atomic E-state index is 13.7. The topological polar surface area (TPSA) is 101 Å². The number of rotatable bonds is 5. The van der Waals surface area contributed by atoms with Gasteiger partial charge in [-0.25, -0.2) is 21.9 Å². The predicted octanol–water partition coefficient (Wildman–Crippen LogP) is 3.62. The summed E-state index contributed by atoms with van der Waals surface area (Å²) in [4.78, 5) is 12.0. The molecule has 0 spiro atoms. The fourth-order valence-electron chi connectivity index (χ4n) is 2.32. The van der Waals surface area contributed by atoms with E-state index in [0.717, 1.165) is 18.2 Å². The molecular formula is C18H15F2N3O4S. The van der Waals surface area contributed by atoms with Gasteiger partial charge in [0.15, 0.2) is 0 Å². The van der Waals surface area contributed by atoms with E-state index in [1.54, 1.807) is 13.8 Å². The normalized spacial score (nSPS) is 11.3. The molecule has 1 aromatic heterocycles. The molecule has 3 aromatic rings. The number of carbonyl (C=O) groups is 1. The van der Waals surface area contributed by atoms with Crippen molar-refractivity contribution in [3.05, 3.63) is 70.9 Å². The number of hydrogen-bond acceptors (Lipinski definition) is 5. The molecule has 7 nitrogen and oxygen atoms in total. The lowest BCUT2D eigenvalue weighted by atomic mass is 10.2. The molecule has 2 N–H and O–H groups in total. The molecule has 0 atom stereocenters. The monoisotopic (exact) mass is 407 g/mol. The summed E-state index contributed by atoms with van der Waals surface area (Å²) in [6, 6.07) is 8.13. The Morgan fingerprint density at radius 3 is 2.18 bits per heavy atom. The summed E-state index contributed by atoms with van der Waals surface area (Å²) in [6.45, 7) is 3.33. The molecule has 1 heterocycles. The molecule has 146 valence electrons. The number of carbonyl (C=O) groups excluding carboxylic acids is 1. The maximum Gasteiger partial charge on any atom is 0.264 e. The lowest BCUT2D eigenvalue weighted by Gasteiger charge is -2.09. The maximum absolute atomic E-state index is 13.7. The zero-order valence-electron chi connectivity index (χ0n) is 14.8. The zero-order chi connectivity index (χ0) is 20.5. The number of benzene rings is 2. The van der Waals surface area contributed by atoms with Gasteiger partial charge in [0.05, 0.1) is 10.6 Å². The van der Waals surface area contributed by atoms with Gasteiger partial charge in [0.2, 0.25) is 5.88 Å². The molecule has 1 amide bonds. The van der Waals surface area contributed by atoms with Crippen LogP contribution in [0, 0.1) is 25.5 Å². The van der Waals surface area contributed by atoms with Gasteiger partial charge in [-0.3, -0.25) is 4.79 Å². The Morgan fingerprint density at radius 1 is 1.04 bits per heavy atom. The Hall–Kier alpha value is -3.27. The van der Waals surface area contributed by atoms with E-state index in [2.05, 4.69) is 15.2 Å². The smallest absolute Gasteiger partial charge is 0.264 e. The van der Waals surface area contributed by atoms with Crippen LogP contribution in [0.5, 0.6) is 0 Å². The molecule has 0 aliphatic rings. The van der Waals surface area contributed by atoms with Crippen molar-refractivity contribution in [3.63, 3.8) is 0 Å². The first-order chi connectivity index (χ1) is 13.2. The van der Waals surface area contributed by atoms with Crippen molar-refractivity contribution in [3.8, 4) is 0 Å². The summed E-state index contributed by atoms with van der Waals surface area (Å²) >= 11 is 0. The minimum absolute atomic E-state index is 0.00454. The largest absolute Gasteiger partial charge is 0.337 e. The number of aromatic nitrogens is 1. The van der Waals surface area contributed by atoms with E-state index in [9.17, 15) is 22.0 Å². The first-order valence-corrected chi connectivity index (χ1v) is 9.48. The van der Waals surface area contributed by atoms with Gasteiger partial charge in [0, 0.05) is 11.3 Å². The van der Waals surface area contributed by atoms with Crippen molar-refractivity contribution in [2.24, 2.45) is 0 Å². The summed E-state index contributed by atoms with van der Waals surface area (Å²) in [5.41, 5.74) is 0.547. The highest BCUT2D eigenvalue weighted by Crippen LogP contribution is 2.23. The predicted molar refractivity (Wildman–Crippen MR) is 97.5 cm³/mol. The van der Waals surface area contributed by atoms with Gasteiger partial charge in [-0.2, -0.15) is 0 Å². The molecule has 0 aliphatic heterocycles. The van der Waals surface area contributed by atoms with Crippen LogP contribution in [0.3, 0.4) is 0 Å². The van der Waals surface area contributed by atoms with Crippen LogP contribution >= 0.6 is 0 Å². The van der Waals surface area contributed by atoms with Gasteiger partial charge >= 0.3 is 0 Å². The molecule has 0 aliphatic carbocycles. The third-order valence-corrected chi connectivity index (χ3v) is 5.34. The molecule has 3 rings (SSSR count). The summed E-state index contributed by atoms with van der Waals surface area (Å²) in [5, 5.41) is 5.99. The molecule has 0 unspecified atom stereocenters. The fraction of sp³-hybridized carbons (Fsp3) is 0.111. The number of hydrogen-bond donors (Lipinski definition) is 2. The highest BCUT2D eigenvalue weighted by atomic mass is 32.2. The summed E-state index contributed by atoms with van der Waals surface area (Å²) < 4.78 is 59.4. The van der Waals surface area contributed by atoms with Crippen LogP contribution in [-0.4, -0.2) is 19.5 Å². The van der Waals surface area contributed by atoms with E-state index in [0.29, 0.717) is 11.3 Å². The highest BCUT2D eigenvalue weighted by Gasteiger charge is 2.20. The molecule has 0 fully saturated rings. The van der Waals surface area contributed by atoms with Gasteiger partial charge in [0.1, 0.15) is 17.2 Å². The van der Waals surface area contributed by atoms with Crippen LogP contribution in [0.1, 0.15) is 21.6 Å². The van der Waals surface area contributed by atoms with Gasteiger partial charge in [-0.05, 0) is 50.2 Å². The second-order valence-corrected chi connectivity index (χ2v) is 7.59. The van der Waals surface area contributed by atoms with E-state index in [1.807, 2.05) is 0 Å². The average Bonchev–Trinajstić information content (AvgIpc) is 2.93. The Morgan fingerprint density at radius 2 is 1.64 bits per heavy atom. The van der Waals surface area contributed by atoms with E-state index in [1.165, 1.54) is 24.3 Å². The average molecular weight is 407 g/mol. The number of halogens is 2. The fourth-order valence-corrected chi connectivity index (χ4v) is 3.36. The molecule has 0 saturated carbocycles. The van der Waals surface area contributed by atoms with Gasteiger partial charge in [-0.1, -0.05) is 11.2 Å². The highest BCUT2D eigenvalue weighted by molar-refractivity contribution is 7.92. The summed E-state index contributed by atoms with van der Waals surface area (Å²) in [7, 11) is -3.95. The lowest BCUT2D eigenvalue weighted by Crippen LogP contribution is -2.16. The Labute approximate surface area is 159 Å². The second kappa shape index (κ2) is 7.39. The lowest BCUT2D eigenvalue weighted by molar-refractivity contribution is 0.101. The molecule has 0 saturated heterocycles. The van der Waals surface area contributed by atoms with E-state index in [-0.39, 0.29) is 16.5 Å². The molecule has 0 radical (unpaired) electrons. The molecule has 28 heavy (non-hydrogen) atoms. The minimum atomic E-state index is -3.95. The number of nitrogens with zero attached hydrogens (tertiary/aromatic N) is 1. The van der Waals surface area contributed by atoms with Crippen LogP contribution < -0.4 is 10.0 Å². The van der Waals surface area contributed by atoms with Crippen LogP contribution in [0.25, 0.3) is 0 Å². The van der Waals surface area contributed by atoms with Crippen LogP contribution in [0.2, 0.25) is 0 Å². The van der Waals surface area contributed by atoms with Crippen LogP contribution in [0.15, 0.2) is 51.9 Å². The SMILES string of the molecule is Cc1noc(NS(=O)(=O)c2ccc(NC(=O)c3c(F)cccc3F)cc2)c1C. The number of aryl methyl sites for hydroxylation is 1. The number of nitrogens with one attached hydrogen (secondary N) is 2. The Bertz CT molecular complexity index is 1120. The van der Waals surface area contributed by atoms with E-state index >= 15 is 0 Å². The standard InChI is InChI=1S/C18H15F2N3O4S/c1-10-11(2)22-27-18(10)23-28(25,26)13-8-6-12(7-9-13)21-17(24)16-14(19)4-3-5-15(16)20/h3-9,23H,1-2H3,(H,21,24). The van der Waals surface area contributed by atoms with Crippen molar-refractivity contribution in [1.29, 1.82) is 0 Å². The number of amides is 1. The third-order valence-electron chi connectivity index (χ3n) is 4.00. The first kappa shape index (κ1) is 19.5. The van der Waals surface area contributed by atoms with Crippen molar-refractivity contribution >= 4 is 27.5 Å². The molecule has 10 heteroatoms. The van der Waals surface area contributed by atoms with Crippen LogP contribution in [-0.2, 0) is 10.0 Å². The van der Waals surface area contributed by atoms with E-state index in [4.69, 9.17) is 4.52 Å². The molecule has 2 aromatic carbocycles. The summed E-state index contributed by atoms with van der Waals surface area (Å²) in [6.07, 6.45) is 0. The third kappa shape index (κ3) is 3.86. The Kier molecular flexibility index (Phi) is 5.14. The van der Waals surface area contributed by atoms with Gasteiger partial charge < -0.3 is 9.84 Å². The molecular weight excluding hydrogens is 392 g/mol. The Balaban J connectivity index is 1.78. The minimum Gasteiger partial charge on any atom is -0.337 e. The number of sulfonamides is 1. The summed E-state index contributed by atoms with van der Waals surface area (Å²) in [5.74, 6) is -2.99. The van der Waals surface area contributed by atoms with Crippen molar-refractivity contribution in [2.45, 2.75) is 18.7 Å². The molecule has 0 bridgehead atoms. The van der Waals surface area contributed by atoms with Crippen molar-refractivity contribution in [2.75, 3.05) is 10.0 Å². The van der Waals surface area contributed by atoms with Crippen LogP contribution in [0.4, 0.5) is 20.4 Å². The zero-order valence-corrected chi connectivity index (χ0v) is 15.6. The van der Waals surface area contributed by atoms with E-state index < -0.39 is 33.1 Å². The quantitative estimate of drug-likeness (QED) is 0.673. The second-order valence-electron chi connectivity index (χ2n) is 5.90. The van der Waals surface area contributed by atoms with Gasteiger partial charge in [0.25, 0.3) is 15.9 Å².